The lowest BCUT2D eigenvalue weighted by atomic mass is 10.2. The van der Waals surface area contributed by atoms with Crippen molar-refractivity contribution in [1.82, 2.24) is 5.32 Å². The number of methoxy groups -OCH3 is 1. The maximum Gasteiger partial charge on any atom is 0.251 e. The van der Waals surface area contributed by atoms with Gasteiger partial charge >= 0.3 is 0 Å². The van der Waals surface area contributed by atoms with Gasteiger partial charge in [0.2, 0.25) is 10.0 Å². The second kappa shape index (κ2) is 7.42. The predicted molar refractivity (Wildman–Crippen MR) is 81.3 cm³/mol. The van der Waals surface area contributed by atoms with Gasteiger partial charge in [-0.1, -0.05) is 23.2 Å². The van der Waals surface area contributed by atoms with Crippen LogP contribution in [0.1, 0.15) is 23.7 Å². The first-order valence-electron chi connectivity index (χ1n) is 5.98. The van der Waals surface area contributed by atoms with Gasteiger partial charge in [-0.2, -0.15) is 0 Å². The zero-order chi connectivity index (χ0) is 16.2. The van der Waals surface area contributed by atoms with Crippen molar-refractivity contribution in [2.45, 2.75) is 24.3 Å². The summed E-state index contributed by atoms with van der Waals surface area (Å²) in [6.07, 6.45) is 0.617. The van der Waals surface area contributed by atoms with Crippen LogP contribution < -0.4 is 10.5 Å². The molecular formula is C12H16Cl2N2O4S. The third kappa shape index (κ3) is 5.12. The minimum Gasteiger partial charge on any atom is -0.385 e. The summed E-state index contributed by atoms with van der Waals surface area (Å²) in [7, 11) is -2.51. The highest BCUT2D eigenvalue weighted by Gasteiger charge is 2.20. The van der Waals surface area contributed by atoms with Crippen molar-refractivity contribution in [3.63, 3.8) is 0 Å². The number of amides is 1. The van der Waals surface area contributed by atoms with E-state index in [2.05, 4.69) is 5.32 Å². The van der Waals surface area contributed by atoms with Crippen LogP contribution in [0.15, 0.2) is 17.0 Å². The van der Waals surface area contributed by atoms with Gasteiger partial charge in [-0.15, -0.1) is 0 Å². The quantitative estimate of drug-likeness (QED) is 0.813. The Bertz CT molecular complexity index is 634. The number of hydrogen-bond donors (Lipinski definition) is 2. The molecule has 0 heterocycles. The molecule has 0 fully saturated rings. The minimum absolute atomic E-state index is 0.0575. The summed E-state index contributed by atoms with van der Waals surface area (Å²) in [6, 6.07) is 2.24. The lowest BCUT2D eigenvalue weighted by Crippen LogP contribution is -2.33. The fourth-order valence-corrected chi connectivity index (χ4v) is 2.93. The Kier molecular flexibility index (Phi) is 6.42. The fourth-order valence-electron chi connectivity index (χ4n) is 1.58. The van der Waals surface area contributed by atoms with Crippen molar-refractivity contribution in [2.24, 2.45) is 5.14 Å². The molecule has 6 nitrogen and oxygen atoms in total. The van der Waals surface area contributed by atoms with Crippen LogP contribution in [0.4, 0.5) is 0 Å². The monoisotopic (exact) mass is 354 g/mol. The van der Waals surface area contributed by atoms with Crippen LogP contribution in [-0.4, -0.2) is 34.1 Å². The third-order valence-electron chi connectivity index (χ3n) is 2.70. The molecule has 0 bridgehead atoms. The van der Waals surface area contributed by atoms with Crippen LogP contribution >= 0.6 is 23.2 Å². The van der Waals surface area contributed by atoms with E-state index in [0.29, 0.717) is 13.0 Å². The standard InChI is InChI=1S/C12H16Cl2N2O4S/c1-7(3-4-20-2)16-12(17)8-5-9(13)11(14)10(6-8)21(15,18)19/h5-7H,3-4H2,1-2H3,(H,16,17)(H2,15,18,19). The SMILES string of the molecule is COCCC(C)NC(=O)c1cc(Cl)c(Cl)c(S(N)(=O)=O)c1. The number of nitrogens with one attached hydrogen (secondary N) is 1. The molecule has 0 aromatic heterocycles. The summed E-state index contributed by atoms with van der Waals surface area (Å²) < 4.78 is 27.8. The summed E-state index contributed by atoms with van der Waals surface area (Å²) in [4.78, 5) is 11.7. The molecule has 0 spiro atoms. The topological polar surface area (TPSA) is 98.5 Å². The van der Waals surface area contributed by atoms with Crippen molar-refractivity contribution in [2.75, 3.05) is 13.7 Å². The van der Waals surface area contributed by atoms with E-state index >= 15 is 0 Å². The van der Waals surface area contributed by atoms with E-state index < -0.39 is 15.9 Å². The van der Waals surface area contributed by atoms with Crippen molar-refractivity contribution < 1.29 is 17.9 Å². The molecule has 1 aromatic carbocycles. The lowest BCUT2D eigenvalue weighted by Gasteiger charge is -2.14. The highest BCUT2D eigenvalue weighted by molar-refractivity contribution is 7.89. The molecule has 0 aliphatic carbocycles. The van der Waals surface area contributed by atoms with Gasteiger partial charge in [-0.05, 0) is 25.5 Å². The molecule has 0 aliphatic heterocycles. The fraction of sp³-hybridized carbons (Fsp3) is 0.417. The van der Waals surface area contributed by atoms with Crippen LogP contribution in [0.2, 0.25) is 10.0 Å². The van der Waals surface area contributed by atoms with E-state index in [-0.39, 0.29) is 26.5 Å². The molecule has 9 heteroatoms. The second-order valence-corrected chi connectivity index (χ2v) is 6.79. The van der Waals surface area contributed by atoms with E-state index in [1.807, 2.05) is 0 Å². The molecule has 0 saturated carbocycles. The average Bonchev–Trinajstić information content (AvgIpc) is 2.37. The third-order valence-corrected chi connectivity index (χ3v) is 4.55. The van der Waals surface area contributed by atoms with Crippen LogP contribution in [0.3, 0.4) is 0 Å². The Labute approximate surface area is 133 Å². The van der Waals surface area contributed by atoms with E-state index in [9.17, 15) is 13.2 Å². The summed E-state index contributed by atoms with van der Waals surface area (Å²) in [5.41, 5.74) is 0.0673. The average molecular weight is 355 g/mol. The van der Waals surface area contributed by atoms with Crippen LogP contribution in [-0.2, 0) is 14.8 Å². The number of sulfonamides is 1. The Balaban J connectivity index is 3.04. The number of halogens is 2. The molecule has 0 aliphatic rings. The molecule has 1 atom stereocenters. The zero-order valence-corrected chi connectivity index (χ0v) is 13.8. The first kappa shape index (κ1) is 18.2. The van der Waals surface area contributed by atoms with E-state index in [0.717, 1.165) is 6.07 Å². The minimum atomic E-state index is -4.07. The van der Waals surface area contributed by atoms with Gasteiger partial charge in [0.05, 0.1) is 10.0 Å². The Hall–Kier alpha value is -0.860. The van der Waals surface area contributed by atoms with Gasteiger partial charge in [-0.3, -0.25) is 4.79 Å². The van der Waals surface area contributed by atoms with Crippen molar-refractivity contribution in [1.29, 1.82) is 0 Å². The number of ether oxygens (including phenoxy) is 1. The molecule has 1 unspecified atom stereocenters. The van der Waals surface area contributed by atoms with Crippen molar-refractivity contribution in [3.05, 3.63) is 27.7 Å². The summed E-state index contributed by atoms with van der Waals surface area (Å²) in [5, 5.41) is 7.48. The largest absolute Gasteiger partial charge is 0.385 e. The van der Waals surface area contributed by atoms with E-state index in [1.54, 1.807) is 14.0 Å². The first-order chi connectivity index (χ1) is 9.66. The lowest BCUT2D eigenvalue weighted by molar-refractivity contribution is 0.0929. The van der Waals surface area contributed by atoms with Crippen LogP contribution in [0.5, 0.6) is 0 Å². The molecule has 0 radical (unpaired) electrons. The van der Waals surface area contributed by atoms with Gasteiger partial charge < -0.3 is 10.1 Å². The molecule has 0 saturated heterocycles. The van der Waals surface area contributed by atoms with Gasteiger partial charge in [0, 0.05) is 25.3 Å². The Morgan fingerprint density at radius 3 is 2.57 bits per heavy atom. The Morgan fingerprint density at radius 1 is 1.43 bits per heavy atom. The predicted octanol–water partition coefficient (Wildman–Crippen LogP) is 1.80. The Morgan fingerprint density at radius 2 is 2.05 bits per heavy atom. The van der Waals surface area contributed by atoms with E-state index in [1.165, 1.54) is 6.07 Å². The number of carbonyl (C=O) groups excluding carboxylic acids is 1. The smallest absolute Gasteiger partial charge is 0.251 e. The summed E-state index contributed by atoms with van der Waals surface area (Å²) in [5.74, 6) is -0.470. The molecular weight excluding hydrogens is 339 g/mol. The molecule has 21 heavy (non-hydrogen) atoms. The number of rotatable bonds is 6. The molecule has 1 rings (SSSR count). The number of primary sulfonamides is 1. The van der Waals surface area contributed by atoms with Gasteiger partial charge in [0.1, 0.15) is 4.90 Å². The van der Waals surface area contributed by atoms with Crippen molar-refractivity contribution >= 4 is 39.1 Å². The molecule has 3 N–H and O–H groups in total. The number of carbonyl (C=O) groups is 1. The molecule has 1 aromatic rings. The number of hydrogen-bond acceptors (Lipinski definition) is 4. The van der Waals surface area contributed by atoms with Gasteiger partial charge in [0.15, 0.2) is 0 Å². The maximum absolute atomic E-state index is 12.1. The molecule has 118 valence electrons. The van der Waals surface area contributed by atoms with Gasteiger partial charge in [-0.25, -0.2) is 13.6 Å². The highest BCUT2D eigenvalue weighted by atomic mass is 35.5. The normalized spacial score (nSPS) is 13.0. The number of nitrogens with two attached hydrogens (primary N) is 1. The van der Waals surface area contributed by atoms with Crippen LogP contribution in [0, 0.1) is 0 Å². The summed E-state index contributed by atoms with van der Waals surface area (Å²) >= 11 is 11.6. The van der Waals surface area contributed by atoms with Crippen LogP contribution in [0.25, 0.3) is 0 Å². The first-order valence-corrected chi connectivity index (χ1v) is 8.28. The summed E-state index contributed by atoms with van der Waals surface area (Å²) in [6.45, 7) is 2.29. The zero-order valence-electron chi connectivity index (χ0n) is 11.5. The van der Waals surface area contributed by atoms with Gasteiger partial charge in [0.25, 0.3) is 5.91 Å². The van der Waals surface area contributed by atoms with Crippen molar-refractivity contribution in [3.8, 4) is 0 Å². The maximum atomic E-state index is 12.1. The number of benzene rings is 1. The van der Waals surface area contributed by atoms with E-state index in [4.69, 9.17) is 33.1 Å². The highest BCUT2D eigenvalue weighted by Crippen LogP contribution is 2.30. The molecule has 1 amide bonds. The second-order valence-electron chi connectivity index (χ2n) is 4.47.